The number of cyclic esters (lactones) is 1. The molecule has 0 saturated carbocycles. The Labute approximate surface area is 162 Å². The zero-order chi connectivity index (χ0) is 20.0. The van der Waals surface area contributed by atoms with Crippen LogP contribution in [0.4, 0.5) is 0 Å². The molecule has 4 rings (SSSR count). The molecule has 1 fully saturated rings. The van der Waals surface area contributed by atoms with E-state index in [0.29, 0.717) is 35.7 Å². The van der Waals surface area contributed by atoms with Crippen LogP contribution < -0.4 is 14.2 Å². The lowest BCUT2D eigenvalue weighted by atomic mass is 9.77. The average Bonchev–Trinajstić information content (AvgIpc) is 3.03. The number of phenolic OH excluding ortho intramolecular Hbond substituents is 2. The molecule has 0 bridgehead atoms. The van der Waals surface area contributed by atoms with Gasteiger partial charge in [-0.05, 0) is 47.7 Å². The maximum atomic E-state index is 12.3. The Bertz CT molecular complexity index is 951. The van der Waals surface area contributed by atoms with Gasteiger partial charge in [0.05, 0.1) is 33.9 Å². The van der Waals surface area contributed by atoms with Crippen molar-refractivity contribution in [3.63, 3.8) is 0 Å². The predicted octanol–water partition coefficient (Wildman–Crippen LogP) is 2.68. The molecule has 2 aliphatic rings. The number of carbonyl (C=O) groups is 1. The molecule has 1 aliphatic heterocycles. The number of hydrogen-bond acceptors (Lipinski definition) is 7. The topological polar surface area (TPSA) is 94.5 Å². The van der Waals surface area contributed by atoms with E-state index in [-0.39, 0.29) is 35.6 Å². The van der Waals surface area contributed by atoms with Gasteiger partial charge in [-0.2, -0.15) is 0 Å². The number of hydrogen-bond donors (Lipinski definition) is 2. The second-order valence-corrected chi connectivity index (χ2v) is 7.07. The van der Waals surface area contributed by atoms with Crippen molar-refractivity contribution in [1.29, 1.82) is 0 Å². The van der Waals surface area contributed by atoms with Crippen molar-refractivity contribution in [2.45, 2.75) is 12.8 Å². The van der Waals surface area contributed by atoms with Crippen LogP contribution in [0, 0.1) is 11.8 Å². The van der Waals surface area contributed by atoms with Crippen molar-refractivity contribution in [3.05, 3.63) is 29.3 Å². The van der Waals surface area contributed by atoms with Gasteiger partial charge < -0.3 is 29.2 Å². The number of phenols is 2. The summed E-state index contributed by atoms with van der Waals surface area (Å²) in [4.78, 5) is 12.3. The van der Waals surface area contributed by atoms with Crippen LogP contribution in [0.25, 0.3) is 11.1 Å². The second-order valence-electron chi connectivity index (χ2n) is 7.07. The zero-order valence-corrected chi connectivity index (χ0v) is 15.9. The monoisotopic (exact) mass is 386 g/mol. The third-order valence-electron chi connectivity index (χ3n) is 5.68. The summed E-state index contributed by atoms with van der Waals surface area (Å²) in [7, 11) is 4.55. The number of ether oxygens (including phenoxy) is 4. The molecule has 7 nitrogen and oxygen atoms in total. The first kappa shape index (κ1) is 18.3. The highest BCUT2D eigenvalue weighted by Gasteiger charge is 2.40. The van der Waals surface area contributed by atoms with Crippen molar-refractivity contribution >= 4 is 5.97 Å². The fourth-order valence-corrected chi connectivity index (χ4v) is 4.18. The Kier molecular flexibility index (Phi) is 4.45. The normalized spacial score (nSPS) is 20.2. The first-order chi connectivity index (χ1) is 13.5. The molecule has 2 aromatic rings. The van der Waals surface area contributed by atoms with Gasteiger partial charge in [0, 0.05) is 11.5 Å². The summed E-state index contributed by atoms with van der Waals surface area (Å²) < 4.78 is 21.4. The first-order valence-electron chi connectivity index (χ1n) is 9.02. The van der Waals surface area contributed by atoms with Gasteiger partial charge in [-0.15, -0.1) is 0 Å². The molecular formula is C21H22O7. The summed E-state index contributed by atoms with van der Waals surface area (Å²) in [5.74, 6) is -0.0329. The van der Waals surface area contributed by atoms with Crippen molar-refractivity contribution in [1.82, 2.24) is 0 Å². The van der Waals surface area contributed by atoms with Crippen LogP contribution in [0.5, 0.6) is 28.7 Å². The number of methoxy groups -OCH3 is 3. The number of fused-ring (bicyclic) bond motifs is 4. The Morgan fingerprint density at radius 3 is 2.21 bits per heavy atom. The molecule has 1 heterocycles. The van der Waals surface area contributed by atoms with Gasteiger partial charge in [0.1, 0.15) is 0 Å². The summed E-state index contributed by atoms with van der Waals surface area (Å²) >= 11 is 0. The van der Waals surface area contributed by atoms with E-state index in [9.17, 15) is 15.0 Å². The molecular weight excluding hydrogens is 364 g/mol. The lowest BCUT2D eigenvalue weighted by molar-refractivity contribution is -0.141. The van der Waals surface area contributed by atoms with Crippen LogP contribution in [0.2, 0.25) is 0 Å². The summed E-state index contributed by atoms with van der Waals surface area (Å²) in [5.41, 5.74) is 2.94. The molecule has 1 aliphatic carbocycles. The number of carbonyl (C=O) groups excluding carboxylic acids is 1. The summed E-state index contributed by atoms with van der Waals surface area (Å²) in [6.07, 6.45) is 0.894. The molecule has 2 aromatic carbocycles. The highest BCUT2D eigenvalue weighted by molar-refractivity contribution is 5.82. The molecule has 0 aromatic heterocycles. The van der Waals surface area contributed by atoms with Crippen LogP contribution in [0.3, 0.4) is 0 Å². The van der Waals surface area contributed by atoms with E-state index in [1.165, 1.54) is 7.11 Å². The maximum Gasteiger partial charge on any atom is 0.309 e. The van der Waals surface area contributed by atoms with Crippen molar-refractivity contribution in [3.8, 4) is 39.9 Å². The minimum Gasteiger partial charge on any atom is -0.504 e. The minimum atomic E-state index is -0.390. The zero-order valence-electron chi connectivity index (χ0n) is 15.9. The maximum absolute atomic E-state index is 12.3. The average molecular weight is 386 g/mol. The number of esters is 1. The number of rotatable bonds is 3. The van der Waals surface area contributed by atoms with Gasteiger partial charge in [0.15, 0.2) is 23.0 Å². The molecule has 0 unspecified atom stereocenters. The first-order valence-corrected chi connectivity index (χ1v) is 9.02. The van der Waals surface area contributed by atoms with Gasteiger partial charge in [-0.1, -0.05) is 0 Å². The van der Waals surface area contributed by atoms with Crippen LogP contribution in [-0.4, -0.2) is 44.1 Å². The van der Waals surface area contributed by atoms with Gasteiger partial charge in [-0.3, -0.25) is 4.79 Å². The van der Waals surface area contributed by atoms with Crippen LogP contribution in [-0.2, 0) is 22.4 Å². The van der Waals surface area contributed by atoms with E-state index >= 15 is 0 Å². The van der Waals surface area contributed by atoms with Crippen LogP contribution >= 0.6 is 0 Å². The Hall–Kier alpha value is -3.09. The van der Waals surface area contributed by atoms with Crippen LogP contribution in [0.15, 0.2) is 18.2 Å². The molecule has 1 saturated heterocycles. The highest BCUT2D eigenvalue weighted by atomic mass is 16.5. The smallest absolute Gasteiger partial charge is 0.309 e. The van der Waals surface area contributed by atoms with Gasteiger partial charge in [0.25, 0.3) is 0 Å². The van der Waals surface area contributed by atoms with Gasteiger partial charge in [0.2, 0.25) is 5.75 Å². The number of aromatic hydroxyl groups is 2. The quantitative estimate of drug-likeness (QED) is 0.619. The lowest BCUT2D eigenvalue weighted by Crippen LogP contribution is -2.23. The number of benzene rings is 2. The third-order valence-corrected chi connectivity index (χ3v) is 5.68. The van der Waals surface area contributed by atoms with Crippen molar-refractivity contribution < 1.29 is 34.0 Å². The molecule has 0 amide bonds. The molecule has 2 N–H and O–H groups in total. The summed E-state index contributed by atoms with van der Waals surface area (Å²) in [5, 5.41) is 21.0. The van der Waals surface area contributed by atoms with E-state index < -0.39 is 5.92 Å². The van der Waals surface area contributed by atoms with Gasteiger partial charge >= 0.3 is 5.97 Å². The molecule has 0 radical (unpaired) electrons. The SMILES string of the molecule is COc1cc2c(cc1OC)-c1cc(OC)c(O)c(O)c1C[C@H]1C(=O)OC[C@@H]1C2. The van der Waals surface area contributed by atoms with E-state index in [4.69, 9.17) is 18.9 Å². The largest absolute Gasteiger partial charge is 0.504 e. The summed E-state index contributed by atoms with van der Waals surface area (Å²) in [6, 6.07) is 5.41. The van der Waals surface area contributed by atoms with Gasteiger partial charge in [-0.25, -0.2) is 0 Å². The second kappa shape index (κ2) is 6.82. The van der Waals surface area contributed by atoms with E-state index in [2.05, 4.69) is 0 Å². The van der Waals surface area contributed by atoms with Crippen molar-refractivity contribution in [2.75, 3.05) is 27.9 Å². The lowest BCUT2D eigenvalue weighted by Gasteiger charge is -2.26. The predicted molar refractivity (Wildman–Crippen MR) is 100 cm³/mol. The minimum absolute atomic E-state index is 0.0267. The van der Waals surface area contributed by atoms with E-state index in [0.717, 1.165) is 11.1 Å². The standard InChI is InChI=1S/C21H22O7/c1-25-16-5-10-4-11-9-28-21(24)13(11)6-15-14(12(10)7-17(16)26-2)8-18(27-3)20(23)19(15)22/h5,7-8,11,13,22-23H,4,6,9H2,1-3H3/t11-,13+/m0/s1. The molecule has 2 atom stereocenters. The molecule has 0 spiro atoms. The molecule has 148 valence electrons. The fourth-order valence-electron chi connectivity index (χ4n) is 4.18. The Morgan fingerprint density at radius 1 is 0.893 bits per heavy atom. The van der Waals surface area contributed by atoms with E-state index in [1.54, 1.807) is 20.3 Å². The van der Waals surface area contributed by atoms with Crippen molar-refractivity contribution in [2.24, 2.45) is 11.8 Å². The third kappa shape index (κ3) is 2.69. The molecule has 7 heteroatoms. The fraction of sp³-hybridized carbons (Fsp3) is 0.381. The Balaban J connectivity index is 2.02. The molecule has 28 heavy (non-hydrogen) atoms. The Morgan fingerprint density at radius 2 is 1.54 bits per heavy atom. The van der Waals surface area contributed by atoms with Crippen LogP contribution in [0.1, 0.15) is 11.1 Å². The highest BCUT2D eigenvalue weighted by Crippen LogP contribution is 2.50. The summed E-state index contributed by atoms with van der Waals surface area (Å²) in [6.45, 7) is 0.329. The van der Waals surface area contributed by atoms with E-state index in [1.807, 2.05) is 12.1 Å².